The molecule has 0 bridgehead atoms. The third-order valence-electron chi connectivity index (χ3n) is 6.99. The average molecular weight is 513 g/mol. The summed E-state index contributed by atoms with van der Waals surface area (Å²) >= 11 is 0. The summed E-state index contributed by atoms with van der Waals surface area (Å²) in [7, 11) is 0. The molecular weight excluding hydrogens is 448 g/mol. The normalized spacial score (nSPS) is 10.7. The summed E-state index contributed by atoms with van der Waals surface area (Å²) in [6, 6.07) is 0. The van der Waals surface area contributed by atoms with Crippen LogP contribution < -0.4 is 0 Å². The van der Waals surface area contributed by atoms with E-state index in [-0.39, 0.29) is 0 Å². The van der Waals surface area contributed by atoms with Crippen molar-refractivity contribution < 1.29 is 19.8 Å². The summed E-state index contributed by atoms with van der Waals surface area (Å²) in [4.78, 5) is 20.5. The zero-order valence-corrected chi connectivity index (χ0v) is 24.5. The summed E-state index contributed by atoms with van der Waals surface area (Å²) < 4.78 is 0. The van der Waals surface area contributed by atoms with Crippen molar-refractivity contribution in [2.75, 3.05) is 0 Å². The molecule has 0 aromatic carbocycles. The van der Waals surface area contributed by atoms with Gasteiger partial charge in [-0.25, -0.2) is 0 Å². The second kappa shape index (κ2) is 33.9. The highest BCUT2D eigenvalue weighted by Gasteiger charge is 1.98. The highest BCUT2D eigenvalue weighted by molar-refractivity contribution is 5.66. The van der Waals surface area contributed by atoms with Crippen molar-refractivity contribution in [1.82, 2.24) is 0 Å². The molecule has 0 spiro atoms. The lowest BCUT2D eigenvalue weighted by Crippen LogP contribution is -1.93. The smallest absolute Gasteiger partial charge is 0.303 e. The Morgan fingerprint density at radius 3 is 0.667 bits per heavy atom. The third-order valence-corrected chi connectivity index (χ3v) is 6.99. The summed E-state index contributed by atoms with van der Waals surface area (Å²) in [5.41, 5.74) is 0. The van der Waals surface area contributed by atoms with Gasteiger partial charge in [0.05, 0.1) is 0 Å². The second-order valence-corrected chi connectivity index (χ2v) is 10.8. The first kappa shape index (κ1) is 37.1. The molecule has 0 aliphatic heterocycles. The van der Waals surface area contributed by atoms with Gasteiger partial charge in [0.15, 0.2) is 0 Å². The molecule has 0 aliphatic carbocycles. The Balaban J connectivity index is 0. The predicted octanol–water partition coefficient (Wildman–Crippen LogP) is 11.1. The molecule has 0 atom stereocenters. The van der Waals surface area contributed by atoms with Gasteiger partial charge >= 0.3 is 11.9 Å². The van der Waals surface area contributed by atoms with Crippen LogP contribution in [0.3, 0.4) is 0 Å². The zero-order chi connectivity index (χ0) is 27.0. The number of carboxylic acid groups (broad SMARTS) is 2. The van der Waals surface area contributed by atoms with Crippen LogP contribution in [-0.4, -0.2) is 22.2 Å². The lowest BCUT2D eigenvalue weighted by molar-refractivity contribution is -0.138. The van der Waals surface area contributed by atoms with Crippen LogP contribution in [0.4, 0.5) is 0 Å². The molecule has 0 saturated carbocycles. The van der Waals surface area contributed by atoms with E-state index in [9.17, 15) is 9.59 Å². The Kier molecular flexibility index (Phi) is 35.0. The van der Waals surface area contributed by atoms with Gasteiger partial charge in [0.2, 0.25) is 0 Å². The van der Waals surface area contributed by atoms with Gasteiger partial charge in [-0.3, -0.25) is 9.59 Å². The van der Waals surface area contributed by atoms with Gasteiger partial charge in [-0.1, -0.05) is 168 Å². The van der Waals surface area contributed by atoms with E-state index in [1.807, 2.05) is 0 Å². The summed E-state index contributed by atoms with van der Waals surface area (Å²) in [5.74, 6) is -1.31. The standard InChI is InChI=1S/C22H44O2.C10H20O2/c1-2-3-4-5-6-7-8-9-10-11-12-13-14-15-16-17-18-19-20-21-22(23)24;1-2-3-4-5-6-7-8-9-10(11)12/h2-21H2,1H3,(H,23,24);2-9H2,1H3,(H,11,12). The highest BCUT2D eigenvalue weighted by Crippen LogP contribution is 2.15. The number of carboxylic acids is 2. The van der Waals surface area contributed by atoms with Gasteiger partial charge in [0.25, 0.3) is 0 Å². The molecule has 36 heavy (non-hydrogen) atoms. The van der Waals surface area contributed by atoms with E-state index in [4.69, 9.17) is 10.2 Å². The molecule has 4 nitrogen and oxygen atoms in total. The van der Waals surface area contributed by atoms with Crippen LogP contribution in [0, 0.1) is 0 Å². The zero-order valence-electron chi connectivity index (χ0n) is 24.5. The first-order chi connectivity index (χ1) is 17.5. The van der Waals surface area contributed by atoms with Crippen molar-refractivity contribution in [2.45, 2.75) is 194 Å². The van der Waals surface area contributed by atoms with Crippen LogP contribution in [0.25, 0.3) is 0 Å². The molecule has 0 aromatic rings. The minimum absolute atomic E-state index is 0.341. The third kappa shape index (κ3) is 40.1. The summed E-state index contributed by atoms with van der Waals surface area (Å²) in [5, 5.41) is 16.9. The fraction of sp³-hybridized carbons (Fsp3) is 0.938. The number of carbonyl (C=O) groups is 2. The molecule has 2 N–H and O–H groups in total. The van der Waals surface area contributed by atoms with E-state index in [2.05, 4.69) is 13.8 Å². The van der Waals surface area contributed by atoms with Crippen molar-refractivity contribution >= 4 is 11.9 Å². The van der Waals surface area contributed by atoms with Crippen LogP contribution in [0.1, 0.15) is 194 Å². The largest absolute Gasteiger partial charge is 0.481 e. The predicted molar refractivity (Wildman–Crippen MR) is 156 cm³/mol. The molecule has 0 aliphatic rings. The topological polar surface area (TPSA) is 74.6 Å². The van der Waals surface area contributed by atoms with Gasteiger partial charge in [0.1, 0.15) is 0 Å². The minimum atomic E-state index is -0.663. The SMILES string of the molecule is CCCCCCCCCC(=O)O.CCCCCCCCCCCCCCCCCCCCCC(=O)O. The van der Waals surface area contributed by atoms with Gasteiger partial charge in [0, 0.05) is 12.8 Å². The molecule has 0 aromatic heterocycles. The van der Waals surface area contributed by atoms with E-state index >= 15 is 0 Å². The summed E-state index contributed by atoms with van der Waals surface area (Å²) in [6.07, 6.45) is 34.7. The molecule has 0 saturated heterocycles. The number of unbranched alkanes of at least 4 members (excludes halogenated alkanes) is 24. The summed E-state index contributed by atoms with van der Waals surface area (Å²) in [6.45, 7) is 4.48. The molecule has 4 heteroatoms. The van der Waals surface area contributed by atoms with Crippen LogP contribution in [0.15, 0.2) is 0 Å². The van der Waals surface area contributed by atoms with E-state index in [1.165, 1.54) is 141 Å². The van der Waals surface area contributed by atoms with Gasteiger partial charge < -0.3 is 10.2 Å². The van der Waals surface area contributed by atoms with Crippen LogP contribution >= 0.6 is 0 Å². The van der Waals surface area contributed by atoms with Gasteiger partial charge in [-0.15, -0.1) is 0 Å². The van der Waals surface area contributed by atoms with Crippen molar-refractivity contribution in [3.05, 3.63) is 0 Å². The van der Waals surface area contributed by atoms with Crippen molar-refractivity contribution in [1.29, 1.82) is 0 Å². The second-order valence-electron chi connectivity index (χ2n) is 10.8. The Hall–Kier alpha value is -1.06. The molecule has 0 rings (SSSR count). The van der Waals surface area contributed by atoms with E-state index in [0.29, 0.717) is 12.8 Å². The quantitative estimate of drug-likeness (QED) is 0.102. The lowest BCUT2D eigenvalue weighted by Gasteiger charge is -2.03. The Morgan fingerprint density at radius 1 is 0.333 bits per heavy atom. The fourth-order valence-corrected chi connectivity index (χ4v) is 4.59. The van der Waals surface area contributed by atoms with E-state index in [0.717, 1.165) is 25.7 Å². The van der Waals surface area contributed by atoms with Gasteiger partial charge in [-0.2, -0.15) is 0 Å². The van der Waals surface area contributed by atoms with E-state index in [1.54, 1.807) is 0 Å². The fourth-order valence-electron chi connectivity index (χ4n) is 4.59. The molecule has 0 fully saturated rings. The maximum Gasteiger partial charge on any atom is 0.303 e. The Bertz CT molecular complexity index is 436. The van der Waals surface area contributed by atoms with Crippen molar-refractivity contribution in [2.24, 2.45) is 0 Å². The number of hydrogen-bond acceptors (Lipinski definition) is 2. The number of hydrogen-bond donors (Lipinski definition) is 2. The minimum Gasteiger partial charge on any atom is -0.481 e. The van der Waals surface area contributed by atoms with E-state index < -0.39 is 11.9 Å². The lowest BCUT2D eigenvalue weighted by atomic mass is 10.0. The average Bonchev–Trinajstić information content (AvgIpc) is 2.85. The number of aliphatic carboxylic acids is 2. The molecule has 0 heterocycles. The number of rotatable bonds is 28. The molecule has 0 amide bonds. The molecular formula is C32H64O4. The monoisotopic (exact) mass is 512 g/mol. The molecule has 216 valence electrons. The van der Waals surface area contributed by atoms with Crippen LogP contribution in [-0.2, 0) is 9.59 Å². The van der Waals surface area contributed by atoms with Crippen LogP contribution in [0.5, 0.6) is 0 Å². The first-order valence-corrected chi connectivity index (χ1v) is 16.0. The highest BCUT2D eigenvalue weighted by atomic mass is 16.4. The van der Waals surface area contributed by atoms with Crippen molar-refractivity contribution in [3.63, 3.8) is 0 Å². The van der Waals surface area contributed by atoms with Gasteiger partial charge in [-0.05, 0) is 12.8 Å². The van der Waals surface area contributed by atoms with Crippen LogP contribution in [0.2, 0.25) is 0 Å². The molecule has 0 unspecified atom stereocenters. The maximum absolute atomic E-state index is 10.4. The molecule has 0 radical (unpaired) electrons. The maximum atomic E-state index is 10.4. The Labute approximate surface area is 225 Å². The first-order valence-electron chi connectivity index (χ1n) is 16.0. The van der Waals surface area contributed by atoms with Crippen molar-refractivity contribution in [3.8, 4) is 0 Å². The Morgan fingerprint density at radius 2 is 0.500 bits per heavy atom.